The Bertz CT molecular complexity index is 1290. The number of Topliss-reactive ketones (excluding diaryl/α,β-unsaturated/α-hetero) is 1. The van der Waals surface area contributed by atoms with Gasteiger partial charge in [0.25, 0.3) is 5.78 Å². The summed E-state index contributed by atoms with van der Waals surface area (Å²) in [5, 5.41) is 2.74. The number of fused-ring (bicyclic) bond motifs is 1. The molecule has 0 bridgehead atoms. The van der Waals surface area contributed by atoms with E-state index >= 15 is 0 Å². The molecule has 0 atom stereocenters. The zero-order valence-corrected chi connectivity index (χ0v) is 15.7. The average molecular weight is 451 g/mol. The number of pyridine rings is 1. The first kappa shape index (κ1) is 21.3. The molecule has 6 nitrogen and oxygen atoms in total. The minimum atomic E-state index is -5.00. The van der Waals surface area contributed by atoms with Gasteiger partial charge < -0.3 is 5.32 Å². The van der Waals surface area contributed by atoms with Crippen molar-refractivity contribution in [1.82, 2.24) is 19.4 Å². The Morgan fingerprint density at radius 1 is 0.906 bits per heavy atom. The molecule has 3 heterocycles. The summed E-state index contributed by atoms with van der Waals surface area (Å²) >= 11 is 0. The van der Waals surface area contributed by atoms with Gasteiger partial charge in [0.2, 0.25) is 0 Å². The Balaban J connectivity index is 1.68. The molecule has 3 aromatic heterocycles. The lowest BCUT2D eigenvalue weighted by Gasteiger charge is -2.10. The molecule has 0 saturated carbocycles. The third-order valence-electron chi connectivity index (χ3n) is 4.35. The predicted octanol–water partition coefficient (Wildman–Crippen LogP) is 5.30. The Morgan fingerprint density at radius 2 is 1.62 bits per heavy atom. The predicted molar refractivity (Wildman–Crippen MR) is 101 cm³/mol. The van der Waals surface area contributed by atoms with Crippen LogP contribution in [0.15, 0.2) is 61.1 Å². The number of hydrogen-bond acceptors (Lipinski definition) is 5. The summed E-state index contributed by atoms with van der Waals surface area (Å²) in [4.78, 5) is 23.0. The van der Waals surface area contributed by atoms with Crippen LogP contribution in [0.1, 0.15) is 16.1 Å². The molecule has 0 radical (unpaired) electrons. The quantitative estimate of drug-likeness (QED) is 0.337. The first-order valence-corrected chi connectivity index (χ1v) is 8.89. The fourth-order valence-electron chi connectivity index (χ4n) is 2.99. The van der Waals surface area contributed by atoms with Crippen LogP contribution < -0.4 is 5.32 Å². The van der Waals surface area contributed by atoms with Gasteiger partial charge in [-0.1, -0.05) is 6.07 Å². The highest BCUT2D eigenvalue weighted by Gasteiger charge is 2.39. The van der Waals surface area contributed by atoms with E-state index in [1.54, 1.807) is 6.07 Å². The van der Waals surface area contributed by atoms with Crippen LogP contribution in [-0.2, 0) is 6.18 Å². The first-order chi connectivity index (χ1) is 15.0. The number of carbonyl (C=O) groups excluding carboxylic acids is 1. The van der Waals surface area contributed by atoms with E-state index in [4.69, 9.17) is 0 Å². The highest BCUT2D eigenvalue weighted by molar-refractivity contribution is 6.00. The molecule has 32 heavy (non-hydrogen) atoms. The van der Waals surface area contributed by atoms with Gasteiger partial charge in [-0.2, -0.15) is 26.3 Å². The van der Waals surface area contributed by atoms with E-state index in [1.165, 1.54) is 41.1 Å². The number of nitrogens with zero attached hydrogens (tertiary/aromatic N) is 4. The third-order valence-corrected chi connectivity index (χ3v) is 4.35. The average Bonchev–Trinajstić information content (AvgIpc) is 3.14. The highest BCUT2D eigenvalue weighted by atomic mass is 19.4. The number of aromatic nitrogens is 4. The zero-order valence-electron chi connectivity index (χ0n) is 15.7. The van der Waals surface area contributed by atoms with E-state index in [0.717, 1.165) is 18.3 Å². The Kier molecular flexibility index (Phi) is 5.07. The molecule has 0 unspecified atom stereocenters. The first-order valence-electron chi connectivity index (χ1n) is 8.89. The van der Waals surface area contributed by atoms with Crippen LogP contribution in [0, 0.1) is 0 Å². The largest absolute Gasteiger partial charge is 0.454 e. The second-order valence-corrected chi connectivity index (χ2v) is 6.55. The molecular weight excluding hydrogens is 440 g/mol. The van der Waals surface area contributed by atoms with Crippen molar-refractivity contribution in [2.24, 2.45) is 0 Å². The van der Waals surface area contributed by atoms with Gasteiger partial charge in [-0.3, -0.25) is 14.2 Å². The fourth-order valence-corrected chi connectivity index (χ4v) is 2.99. The number of ketones is 1. The van der Waals surface area contributed by atoms with Crippen LogP contribution in [0.5, 0.6) is 0 Å². The number of nitrogens with one attached hydrogen (secondary N) is 1. The van der Waals surface area contributed by atoms with Gasteiger partial charge in [0.1, 0.15) is 22.9 Å². The standard InChI is InChI=1S/C20H11F6N5O/c21-19(22,23)17-16(31-8-2-1-3-15(31)30-17)13-9-27-10-14(29-13)28-12-6-4-11(5-7-12)18(32)20(24,25)26/h1-10H,(H,28,29). The van der Waals surface area contributed by atoms with Crippen LogP contribution in [0.4, 0.5) is 37.8 Å². The third kappa shape index (κ3) is 4.11. The van der Waals surface area contributed by atoms with Crippen LogP contribution in [-0.4, -0.2) is 31.3 Å². The van der Waals surface area contributed by atoms with Gasteiger partial charge in [-0.15, -0.1) is 0 Å². The molecule has 164 valence electrons. The van der Waals surface area contributed by atoms with Crippen molar-refractivity contribution < 1.29 is 31.1 Å². The molecule has 0 aliphatic rings. The maximum atomic E-state index is 13.6. The molecule has 4 rings (SSSR count). The van der Waals surface area contributed by atoms with Crippen LogP contribution in [0.3, 0.4) is 0 Å². The molecule has 0 fully saturated rings. The number of halogens is 6. The lowest BCUT2D eigenvalue weighted by atomic mass is 10.1. The van der Waals surface area contributed by atoms with Gasteiger partial charge >= 0.3 is 12.4 Å². The van der Waals surface area contributed by atoms with E-state index in [0.29, 0.717) is 0 Å². The van der Waals surface area contributed by atoms with Gasteiger partial charge in [0.15, 0.2) is 5.69 Å². The van der Waals surface area contributed by atoms with Crippen LogP contribution in [0.2, 0.25) is 0 Å². The van der Waals surface area contributed by atoms with Crippen molar-refractivity contribution in [3.8, 4) is 11.4 Å². The zero-order chi connectivity index (χ0) is 23.1. The Labute approximate surface area is 175 Å². The molecule has 12 heteroatoms. The molecule has 1 aromatic carbocycles. The molecule has 0 aliphatic heterocycles. The van der Waals surface area contributed by atoms with E-state index < -0.39 is 29.4 Å². The summed E-state index contributed by atoms with van der Waals surface area (Å²) in [6.07, 6.45) is -5.96. The number of rotatable bonds is 4. The van der Waals surface area contributed by atoms with E-state index in [2.05, 4.69) is 20.3 Å². The molecule has 1 N–H and O–H groups in total. The second-order valence-electron chi connectivity index (χ2n) is 6.55. The summed E-state index contributed by atoms with van der Waals surface area (Å²) in [7, 11) is 0. The molecule has 0 aliphatic carbocycles. The Morgan fingerprint density at radius 3 is 2.28 bits per heavy atom. The number of hydrogen-bond donors (Lipinski definition) is 1. The normalized spacial score (nSPS) is 12.2. The lowest BCUT2D eigenvalue weighted by Crippen LogP contribution is -2.22. The van der Waals surface area contributed by atoms with E-state index in [9.17, 15) is 31.1 Å². The van der Waals surface area contributed by atoms with E-state index in [-0.39, 0.29) is 28.5 Å². The topological polar surface area (TPSA) is 72.2 Å². The SMILES string of the molecule is O=C(c1ccc(Nc2cncc(-c3c(C(F)(F)F)nc4ccccn34)n2)cc1)C(F)(F)F. The summed E-state index contributed by atoms with van der Waals surface area (Å²) < 4.78 is 79.5. The molecular formula is C20H11F6N5O. The monoisotopic (exact) mass is 451 g/mol. The van der Waals surface area contributed by atoms with Gasteiger partial charge in [0.05, 0.1) is 12.4 Å². The molecule has 0 spiro atoms. The molecule has 4 aromatic rings. The fraction of sp³-hybridized carbons (Fsp3) is 0.100. The molecule has 0 amide bonds. The van der Waals surface area contributed by atoms with Crippen molar-refractivity contribution in [2.75, 3.05) is 5.32 Å². The van der Waals surface area contributed by atoms with Crippen molar-refractivity contribution in [1.29, 1.82) is 0 Å². The van der Waals surface area contributed by atoms with Crippen LogP contribution >= 0.6 is 0 Å². The summed E-state index contributed by atoms with van der Waals surface area (Å²) in [5.74, 6) is -1.95. The van der Waals surface area contributed by atoms with Gasteiger partial charge in [0, 0.05) is 17.4 Å². The van der Waals surface area contributed by atoms with Gasteiger partial charge in [-0.25, -0.2) is 9.97 Å². The summed E-state index contributed by atoms with van der Waals surface area (Å²) in [6, 6.07) is 8.87. The Hall–Kier alpha value is -3.96. The minimum absolute atomic E-state index is 0.0383. The lowest BCUT2D eigenvalue weighted by molar-refractivity contribution is -0.140. The maximum Gasteiger partial charge on any atom is 0.454 e. The summed E-state index contributed by atoms with van der Waals surface area (Å²) in [6.45, 7) is 0. The maximum absolute atomic E-state index is 13.6. The smallest absolute Gasteiger partial charge is 0.339 e. The van der Waals surface area contributed by atoms with Crippen molar-refractivity contribution in [3.63, 3.8) is 0 Å². The summed E-state index contributed by atoms with van der Waals surface area (Å²) in [5.41, 5.74) is -1.79. The number of alkyl halides is 6. The number of carbonyl (C=O) groups is 1. The number of imidazole rings is 1. The highest BCUT2D eigenvalue weighted by Crippen LogP contribution is 2.36. The minimum Gasteiger partial charge on any atom is -0.339 e. The van der Waals surface area contributed by atoms with Crippen molar-refractivity contribution in [3.05, 3.63) is 72.3 Å². The number of benzene rings is 1. The van der Waals surface area contributed by atoms with Gasteiger partial charge in [-0.05, 0) is 36.4 Å². The second kappa shape index (κ2) is 7.62. The molecule has 0 saturated heterocycles. The van der Waals surface area contributed by atoms with Crippen molar-refractivity contribution in [2.45, 2.75) is 12.4 Å². The van der Waals surface area contributed by atoms with Crippen molar-refractivity contribution >= 4 is 22.9 Å². The van der Waals surface area contributed by atoms with Crippen LogP contribution in [0.25, 0.3) is 17.0 Å². The van der Waals surface area contributed by atoms with E-state index in [1.807, 2.05) is 0 Å². The number of anilines is 2.